The van der Waals surface area contributed by atoms with Crippen molar-refractivity contribution < 1.29 is 18.4 Å². The minimum Gasteiger partial charge on any atom is -0.497 e. The first-order chi connectivity index (χ1) is 14.1. The van der Waals surface area contributed by atoms with Crippen LogP contribution in [0.4, 0.5) is 4.39 Å². The van der Waals surface area contributed by atoms with Gasteiger partial charge in [0.25, 0.3) is 5.91 Å². The number of aromatic amines is 1. The Morgan fingerprint density at radius 2 is 1.97 bits per heavy atom. The molecule has 0 unspecified atom stereocenters. The molecule has 4 rings (SSSR count). The summed E-state index contributed by atoms with van der Waals surface area (Å²) < 4.78 is 23.6. The van der Waals surface area contributed by atoms with Crippen molar-refractivity contribution >= 4 is 5.91 Å². The van der Waals surface area contributed by atoms with Gasteiger partial charge in [-0.1, -0.05) is 17.3 Å². The summed E-state index contributed by atoms with van der Waals surface area (Å²) in [6.07, 6.45) is 0. The Bertz CT molecular complexity index is 1130. The lowest BCUT2D eigenvalue weighted by Gasteiger charge is -2.00. The van der Waals surface area contributed by atoms with E-state index in [9.17, 15) is 9.18 Å². The Morgan fingerprint density at radius 3 is 2.76 bits per heavy atom. The van der Waals surface area contributed by atoms with Crippen molar-refractivity contribution in [3.8, 4) is 28.3 Å². The molecule has 2 aromatic carbocycles. The number of amides is 1. The largest absolute Gasteiger partial charge is 0.497 e. The van der Waals surface area contributed by atoms with Crippen LogP contribution in [0.15, 0.2) is 65.2 Å². The second kappa shape index (κ2) is 7.97. The van der Waals surface area contributed by atoms with Gasteiger partial charge in [0.1, 0.15) is 23.0 Å². The summed E-state index contributed by atoms with van der Waals surface area (Å²) in [4.78, 5) is 12.4. The van der Waals surface area contributed by atoms with E-state index in [2.05, 4.69) is 20.7 Å². The van der Waals surface area contributed by atoms with Crippen LogP contribution in [0.5, 0.6) is 5.75 Å². The van der Waals surface area contributed by atoms with Gasteiger partial charge in [-0.15, -0.1) is 0 Å². The molecule has 2 aromatic heterocycles. The van der Waals surface area contributed by atoms with E-state index in [4.69, 9.17) is 9.26 Å². The number of hydrogen-bond donors (Lipinski definition) is 2. The summed E-state index contributed by atoms with van der Waals surface area (Å²) in [5, 5.41) is 13.5. The standard InChI is InChI=1S/C21H17FN4O3/c1-28-17-4-2-3-14(9-17)20-10-16(26-29-20)12-23-21(27)19-11-18(24-25-19)13-5-7-15(22)8-6-13/h2-11H,12H2,1H3,(H,23,27)(H,24,25). The maximum atomic E-state index is 13.0. The van der Waals surface area contributed by atoms with Crippen molar-refractivity contribution in [3.05, 3.63) is 77.9 Å². The van der Waals surface area contributed by atoms with Gasteiger partial charge in [-0.3, -0.25) is 9.89 Å². The highest BCUT2D eigenvalue weighted by Crippen LogP contribution is 2.24. The average molecular weight is 392 g/mol. The molecule has 0 fully saturated rings. The smallest absolute Gasteiger partial charge is 0.269 e. The van der Waals surface area contributed by atoms with Crippen molar-refractivity contribution in [1.29, 1.82) is 0 Å². The predicted molar refractivity (Wildman–Crippen MR) is 104 cm³/mol. The SMILES string of the molecule is COc1cccc(-c2cc(CNC(=O)c3cc(-c4ccc(F)cc4)n[nH]3)no2)c1. The predicted octanol–water partition coefficient (Wildman–Crippen LogP) is 3.81. The Kier molecular flexibility index (Phi) is 5.07. The quantitative estimate of drug-likeness (QED) is 0.521. The first-order valence-corrected chi connectivity index (χ1v) is 8.82. The van der Waals surface area contributed by atoms with E-state index in [0.29, 0.717) is 34.2 Å². The van der Waals surface area contributed by atoms with E-state index in [-0.39, 0.29) is 18.3 Å². The molecule has 0 aliphatic carbocycles. The highest BCUT2D eigenvalue weighted by atomic mass is 19.1. The molecule has 146 valence electrons. The third-order valence-electron chi connectivity index (χ3n) is 4.31. The number of benzene rings is 2. The molecule has 0 aliphatic heterocycles. The lowest BCUT2D eigenvalue weighted by molar-refractivity contribution is 0.0945. The fraction of sp³-hybridized carbons (Fsp3) is 0.0952. The molecule has 0 spiro atoms. The maximum absolute atomic E-state index is 13.0. The molecule has 8 heteroatoms. The number of ether oxygens (including phenoxy) is 1. The zero-order valence-electron chi connectivity index (χ0n) is 15.5. The molecule has 0 bridgehead atoms. The lowest BCUT2D eigenvalue weighted by Crippen LogP contribution is -2.23. The number of nitrogens with one attached hydrogen (secondary N) is 2. The van der Waals surface area contributed by atoms with E-state index in [1.807, 2.05) is 24.3 Å². The molecule has 7 nitrogen and oxygen atoms in total. The molecule has 2 N–H and O–H groups in total. The highest BCUT2D eigenvalue weighted by molar-refractivity contribution is 5.93. The van der Waals surface area contributed by atoms with Crippen LogP contribution in [0.1, 0.15) is 16.2 Å². The molecule has 0 saturated carbocycles. The van der Waals surface area contributed by atoms with Crippen molar-refractivity contribution in [1.82, 2.24) is 20.7 Å². The van der Waals surface area contributed by atoms with Gasteiger partial charge in [-0.05, 0) is 42.5 Å². The molecule has 0 saturated heterocycles. The molecule has 29 heavy (non-hydrogen) atoms. The summed E-state index contributed by atoms with van der Waals surface area (Å²) in [5.74, 6) is 0.623. The van der Waals surface area contributed by atoms with Crippen LogP contribution in [-0.4, -0.2) is 28.4 Å². The molecular formula is C21H17FN4O3. The molecule has 0 radical (unpaired) electrons. The first kappa shape index (κ1) is 18.4. The zero-order chi connectivity index (χ0) is 20.2. The van der Waals surface area contributed by atoms with E-state index < -0.39 is 0 Å². The number of rotatable bonds is 6. The van der Waals surface area contributed by atoms with Gasteiger partial charge < -0.3 is 14.6 Å². The van der Waals surface area contributed by atoms with Gasteiger partial charge in [0, 0.05) is 17.2 Å². The fourth-order valence-corrected chi connectivity index (χ4v) is 2.78. The number of aromatic nitrogens is 3. The first-order valence-electron chi connectivity index (χ1n) is 8.82. The van der Waals surface area contributed by atoms with Crippen LogP contribution < -0.4 is 10.1 Å². The number of hydrogen-bond acceptors (Lipinski definition) is 5. The van der Waals surface area contributed by atoms with Crippen molar-refractivity contribution in [3.63, 3.8) is 0 Å². The number of H-pyrrole nitrogens is 1. The summed E-state index contributed by atoms with van der Waals surface area (Å²) >= 11 is 0. The molecule has 1 amide bonds. The van der Waals surface area contributed by atoms with Gasteiger partial charge in [0.05, 0.1) is 19.3 Å². The van der Waals surface area contributed by atoms with Gasteiger partial charge in [-0.2, -0.15) is 5.10 Å². The second-order valence-electron chi connectivity index (χ2n) is 6.27. The van der Waals surface area contributed by atoms with Crippen LogP contribution in [-0.2, 0) is 6.54 Å². The van der Waals surface area contributed by atoms with E-state index >= 15 is 0 Å². The average Bonchev–Trinajstić information content (AvgIpc) is 3.43. The van der Waals surface area contributed by atoms with Crippen molar-refractivity contribution in [2.45, 2.75) is 6.54 Å². The number of nitrogens with zero attached hydrogens (tertiary/aromatic N) is 2. The van der Waals surface area contributed by atoms with Crippen LogP contribution in [0.2, 0.25) is 0 Å². The third kappa shape index (κ3) is 4.16. The van der Waals surface area contributed by atoms with Crippen molar-refractivity contribution in [2.24, 2.45) is 0 Å². The van der Waals surface area contributed by atoms with Crippen LogP contribution >= 0.6 is 0 Å². The molecule has 4 aromatic rings. The van der Waals surface area contributed by atoms with E-state index in [0.717, 1.165) is 5.56 Å². The van der Waals surface area contributed by atoms with Gasteiger partial charge in [0.2, 0.25) is 0 Å². The van der Waals surface area contributed by atoms with Gasteiger partial charge in [-0.25, -0.2) is 4.39 Å². The van der Waals surface area contributed by atoms with Crippen molar-refractivity contribution in [2.75, 3.05) is 7.11 Å². The zero-order valence-corrected chi connectivity index (χ0v) is 15.5. The Morgan fingerprint density at radius 1 is 1.14 bits per heavy atom. The number of halogens is 1. The van der Waals surface area contributed by atoms with Crippen LogP contribution in [0.3, 0.4) is 0 Å². The third-order valence-corrected chi connectivity index (χ3v) is 4.31. The summed E-state index contributed by atoms with van der Waals surface area (Å²) in [6, 6.07) is 16.7. The molecule has 0 atom stereocenters. The number of carbonyl (C=O) groups is 1. The van der Waals surface area contributed by atoms with Gasteiger partial charge >= 0.3 is 0 Å². The Balaban J connectivity index is 1.40. The molecule has 2 heterocycles. The maximum Gasteiger partial charge on any atom is 0.269 e. The van der Waals surface area contributed by atoms with Crippen LogP contribution in [0, 0.1) is 5.82 Å². The molecular weight excluding hydrogens is 375 g/mol. The van der Waals surface area contributed by atoms with E-state index in [1.165, 1.54) is 12.1 Å². The monoisotopic (exact) mass is 392 g/mol. The lowest BCUT2D eigenvalue weighted by atomic mass is 10.1. The summed E-state index contributed by atoms with van der Waals surface area (Å²) in [6.45, 7) is 0.192. The normalized spacial score (nSPS) is 10.7. The number of carbonyl (C=O) groups excluding carboxylic acids is 1. The Hall–Kier alpha value is -3.94. The topological polar surface area (TPSA) is 93.0 Å². The minimum atomic E-state index is -0.336. The number of methoxy groups -OCH3 is 1. The van der Waals surface area contributed by atoms with Crippen LogP contribution in [0.25, 0.3) is 22.6 Å². The van der Waals surface area contributed by atoms with E-state index in [1.54, 1.807) is 31.4 Å². The van der Waals surface area contributed by atoms with Gasteiger partial charge in [0.15, 0.2) is 5.76 Å². The second-order valence-corrected chi connectivity index (χ2v) is 6.27. The summed E-state index contributed by atoms with van der Waals surface area (Å²) in [5.41, 5.74) is 2.96. The highest BCUT2D eigenvalue weighted by Gasteiger charge is 2.13. The Labute approximate surface area is 165 Å². The minimum absolute atomic E-state index is 0.192. The summed E-state index contributed by atoms with van der Waals surface area (Å²) in [7, 11) is 1.59. The molecule has 0 aliphatic rings. The fourth-order valence-electron chi connectivity index (χ4n) is 2.78.